The first kappa shape index (κ1) is 12.2. The van der Waals surface area contributed by atoms with E-state index in [-0.39, 0.29) is 0 Å². The number of nitrogens with zero attached hydrogens (tertiary/aromatic N) is 2. The van der Waals surface area contributed by atoms with E-state index in [9.17, 15) is 0 Å². The highest BCUT2D eigenvalue weighted by atomic mass is 15.3. The maximum absolute atomic E-state index is 5.99. The molecule has 0 aliphatic carbocycles. The van der Waals surface area contributed by atoms with Crippen molar-refractivity contribution in [2.75, 3.05) is 0 Å². The normalized spacial score (nSPS) is 13.4. The second kappa shape index (κ2) is 5.91. The third kappa shape index (κ3) is 4.04. The first-order chi connectivity index (χ1) is 7.13. The van der Waals surface area contributed by atoms with Crippen LogP contribution in [0.2, 0.25) is 0 Å². The Balaban J connectivity index is 2.25. The molecule has 0 aromatic carbocycles. The van der Waals surface area contributed by atoms with Gasteiger partial charge in [-0.15, -0.1) is 0 Å². The van der Waals surface area contributed by atoms with Crippen molar-refractivity contribution in [2.45, 2.75) is 52.6 Å². The van der Waals surface area contributed by atoms with Crippen LogP contribution in [0.25, 0.3) is 0 Å². The zero-order chi connectivity index (χ0) is 11.3. The summed E-state index contributed by atoms with van der Waals surface area (Å²) in [4.78, 5) is 0. The zero-order valence-electron chi connectivity index (χ0n) is 10.1. The molecule has 0 fully saturated rings. The van der Waals surface area contributed by atoms with Crippen molar-refractivity contribution in [1.29, 1.82) is 0 Å². The van der Waals surface area contributed by atoms with Gasteiger partial charge in [-0.1, -0.05) is 13.8 Å². The number of aryl methyl sites for hydroxylation is 2. The monoisotopic (exact) mass is 209 g/mol. The van der Waals surface area contributed by atoms with Gasteiger partial charge in [-0.05, 0) is 37.7 Å². The molecule has 0 bridgehead atoms. The van der Waals surface area contributed by atoms with E-state index in [1.54, 1.807) is 0 Å². The van der Waals surface area contributed by atoms with Crippen LogP contribution in [-0.2, 0) is 13.0 Å². The number of rotatable bonds is 6. The Bertz CT molecular complexity index is 278. The van der Waals surface area contributed by atoms with Crippen LogP contribution in [0.5, 0.6) is 0 Å². The molecule has 0 radical (unpaired) electrons. The predicted molar refractivity (Wildman–Crippen MR) is 63.7 cm³/mol. The lowest BCUT2D eigenvalue weighted by atomic mass is 9.98. The molecule has 0 saturated carbocycles. The molecule has 0 amide bonds. The van der Waals surface area contributed by atoms with Crippen molar-refractivity contribution in [3.05, 3.63) is 18.0 Å². The van der Waals surface area contributed by atoms with Crippen molar-refractivity contribution in [3.63, 3.8) is 0 Å². The van der Waals surface area contributed by atoms with Crippen LogP contribution in [0.15, 0.2) is 12.4 Å². The van der Waals surface area contributed by atoms with E-state index in [1.165, 1.54) is 5.56 Å². The highest BCUT2D eigenvalue weighted by Gasteiger charge is 2.07. The molecule has 15 heavy (non-hydrogen) atoms. The molecule has 1 rings (SSSR count). The van der Waals surface area contributed by atoms with Crippen molar-refractivity contribution in [3.8, 4) is 0 Å². The smallest absolute Gasteiger partial charge is 0.0521 e. The lowest BCUT2D eigenvalue weighted by molar-refractivity contribution is 0.452. The van der Waals surface area contributed by atoms with Crippen LogP contribution in [-0.4, -0.2) is 15.8 Å². The summed E-state index contributed by atoms with van der Waals surface area (Å²) in [6.07, 6.45) is 7.45. The summed E-state index contributed by atoms with van der Waals surface area (Å²) in [5, 5.41) is 4.25. The highest BCUT2D eigenvalue weighted by Crippen LogP contribution is 2.09. The van der Waals surface area contributed by atoms with Gasteiger partial charge < -0.3 is 5.73 Å². The minimum atomic E-state index is 0.339. The van der Waals surface area contributed by atoms with Crippen LogP contribution in [0.3, 0.4) is 0 Å². The van der Waals surface area contributed by atoms with Gasteiger partial charge in [-0.25, -0.2) is 0 Å². The molecule has 86 valence electrons. The molecular formula is C12H23N3. The Hall–Kier alpha value is -0.830. The summed E-state index contributed by atoms with van der Waals surface area (Å²) in [5.74, 6) is 0.586. The Morgan fingerprint density at radius 3 is 2.73 bits per heavy atom. The largest absolute Gasteiger partial charge is 0.327 e. The summed E-state index contributed by atoms with van der Waals surface area (Å²) in [6, 6.07) is 0.339. The number of hydrogen-bond donors (Lipinski definition) is 1. The molecule has 1 aromatic heterocycles. The van der Waals surface area contributed by atoms with E-state index < -0.39 is 0 Å². The predicted octanol–water partition coefficient (Wildman–Crippen LogP) is 2.21. The van der Waals surface area contributed by atoms with E-state index in [0.29, 0.717) is 12.0 Å². The van der Waals surface area contributed by atoms with Crippen molar-refractivity contribution >= 4 is 0 Å². The fourth-order valence-corrected chi connectivity index (χ4v) is 1.58. The molecule has 1 unspecified atom stereocenters. The van der Waals surface area contributed by atoms with Gasteiger partial charge in [-0.3, -0.25) is 4.68 Å². The maximum atomic E-state index is 5.99. The van der Waals surface area contributed by atoms with Gasteiger partial charge in [0.05, 0.1) is 6.20 Å². The molecule has 3 heteroatoms. The molecule has 0 aliphatic heterocycles. The molecule has 3 nitrogen and oxygen atoms in total. The summed E-state index contributed by atoms with van der Waals surface area (Å²) in [7, 11) is 0. The molecule has 1 aromatic rings. The second-order valence-corrected chi connectivity index (χ2v) is 4.50. The van der Waals surface area contributed by atoms with Crippen LogP contribution in [0, 0.1) is 5.92 Å². The maximum Gasteiger partial charge on any atom is 0.0521 e. The Morgan fingerprint density at radius 2 is 2.20 bits per heavy atom. The van der Waals surface area contributed by atoms with Crippen LogP contribution in [0.4, 0.5) is 0 Å². The van der Waals surface area contributed by atoms with Crippen LogP contribution >= 0.6 is 0 Å². The Kier molecular flexibility index (Phi) is 4.82. The van der Waals surface area contributed by atoms with Crippen molar-refractivity contribution in [2.24, 2.45) is 11.7 Å². The molecule has 1 heterocycles. The quantitative estimate of drug-likeness (QED) is 0.780. The molecule has 2 N–H and O–H groups in total. The highest BCUT2D eigenvalue weighted by molar-refractivity contribution is 5.03. The Labute approximate surface area is 92.7 Å². The topological polar surface area (TPSA) is 43.8 Å². The zero-order valence-corrected chi connectivity index (χ0v) is 10.1. The second-order valence-electron chi connectivity index (χ2n) is 4.50. The molecular weight excluding hydrogens is 186 g/mol. The van der Waals surface area contributed by atoms with Gasteiger partial charge in [0.2, 0.25) is 0 Å². The van der Waals surface area contributed by atoms with Gasteiger partial charge in [0, 0.05) is 18.8 Å². The third-order valence-electron chi connectivity index (χ3n) is 2.87. The average molecular weight is 209 g/mol. The van der Waals surface area contributed by atoms with E-state index in [4.69, 9.17) is 5.73 Å². The van der Waals surface area contributed by atoms with Gasteiger partial charge in [0.25, 0.3) is 0 Å². The standard InChI is InChI=1S/C12H23N3/c1-4-15-9-11(8-14-15)6-5-7-12(13)10(2)3/h8-10,12H,4-7,13H2,1-3H3. The fourth-order valence-electron chi connectivity index (χ4n) is 1.58. The molecule has 0 saturated heterocycles. The molecule has 0 aliphatic rings. The summed E-state index contributed by atoms with van der Waals surface area (Å²) in [5.41, 5.74) is 7.32. The van der Waals surface area contributed by atoms with Crippen molar-refractivity contribution in [1.82, 2.24) is 9.78 Å². The summed E-state index contributed by atoms with van der Waals surface area (Å²) >= 11 is 0. The number of hydrogen-bond acceptors (Lipinski definition) is 2. The number of aromatic nitrogens is 2. The summed E-state index contributed by atoms with van der Waals surface area (Å²) < 4.78 is 1.97. The number of nitrogens with two attached hydrogens (primary N) is 1. The SMILES string of the molecule is CCn1cc(CCCC(N)C(C)C)cn1. The minimum absolute atomic E-state index is 0.339. The summed E-state index contributed by atoms with van der Waals surface area (Å²) in [6.45, 7) is 7.41. The molecule has 0 spiro atoms. The lowest BCUT2D eigenvalue weighted by Gasteiger charge is -2.14. The van der Waals surface area contributed by atoms with Gasteiger partial charge in [0.15, 0.2) is 0 Å². The third-order valence-corrected chi connectivity index (χ3v) is 2.87. The van der Waals surface area contributed by atoms with Crippen molar-refractivity contribution < 1.29 is 0 Å². The molecule has 1 atom stereocenters. The van der Waals surface area contributed by atoms with E-state index in [2.05, 4.69) is 32.1 Å². The van der Waals surface area contributed by atoms with Gasteiger partial charge >= 0.3 is 0 Å². The first-order valence-electron chi connectivity index (χ1n) is 5.90. The van der Waals surface area contributed by atoms with E-state index >= 15 is 0 Å². The van der Waals surface area contributed by atoms with E-state index in [0.717, 1.165) is 25.8 Å². The van der Waals surface area contributed by atoms with Gasteiger partial charge in [0.1, 0.15) is 0 Å². The van der Waals surface area contributed by atoms with Crippen LogP contribution < -0.4 is 5.73 Å². The first-order valence-corrected chi connectivity index (χ1v) is 5.90. The Morgan fingerprint density at radius 1 is 1.47 bits per heavy atom. The lowest BCUT2D eigenvalue weighted by Crippen LogP contribution is -2.26. The van der Waals surface area contributed by atoms with Crippen LogP contribution in [0.1, 0.15) is 39.2 Å². The van der Waals surface area contributed by atoms with E-state index in [1.807, 2.05) is 10.9 Å². The average Bonchev–Trinajstić information content (AvgIpc) is 2.65. The van der Waals surface area contributed by atoms with Gasteiger partial charge in [-0.2, -0.15) is 5.10 Å². The fraction of sp³-hybridized carbons (Fsp3) is 0.750. The minimum Gasteiger partial charge on any atom is -0.327 e.